The van der Waals surface area contributed by atoms with Gasteiger partial charge in [-0.1, -0.05) is 23.8 Å². The topological polar surface area (TPSA) is 159 Å². The number of epoxide rings is 1. The van der Waals surface area contributed by atoms with E-state index in [-0.39, 0.29) is 18.7 Å². The Morgan fingerprint density at radius 1 is 1.00 bits per heavy atom. The Bertz CT molecular complexity index is 1140. The van der Waals surface area contributed by atoms with Crippen molar-refractivity contribution in [2.45, 2.75) is 75.8 Å². The Morgan fingerprint density at radius 2 is 1.70 bits per heavy atom. The Morgan fingerprint density at radius 3 is 2.30 bits per heavy atom. The monoisotopic (exact) mass is 600 g/mol. The van der Waals surface area contributed by atoms with Crippen molar-refractivity contribution in [3.8, 4) is 5.75 Å². The number of rotatable bonds is 15. The standard InChI is InChI=1S/C31H44N4O8/c1-20(36)28(34-27(37)18-35-12-14-42-15-13-35)31(40)33-25(17-22-8-10-23(41-2)11-9-22)30(39)32-24(29(38)26-19-43-26)16-21-6-4-3-5-7-21/h6,8-11,20,24-26,28,36H,3-5,7,12-19H2,1-2H3,(H,32,39)(H,33,40)(H,34,37)/t20-,24+,25+,26-,28+/m1/s1. The third-order valence-electron chi connectivity index (χ3n) is 7.95. The zero-order chi connectivity index (χ0) is 30.8. The van der Waals surface area contributed by atoms with Crippen LogP contribution in [-0.2, 0) is 35.1 Å². The molecule has 0 spiro atoms. The van der Waals surface area contributed by atoms with Gasteiger partial charge in [0.2, 0.25) is 17.7 Å². The molecule has 4 N–H and O–H groups in total. The van der Waals surface area contributed by atoms with Crippen molar-refractivity contribution in [1.82, 2.24) is 20.9 Å². The van der Waals surface area contributed by atoms with Gasteiger partial charge in [0.15, 0.2) is 5.78 Å². The highest BCUT2D eigenvalue weighted by Gasteiger charge is 2.39. The molecule has 0 aromatic heterocycles. The van der Waals surface area contributed by atoms with E-state index in [1.54, 1.807) is 31.4 Å². The number of hydrogen-bond donors (Lipinski definition) is 4. The van der Waals surface area contributed by atoms with Crippen molar-refractivity contribution in [1.29, 1.82) is 0 Å². The third kappa shape index (κ3) is 10.1. The second-order valence-electron chi connectivity index (χ2n) is 11.4. The van der Waals surface area contributed by atoms with Crippen molar-refractivity contribution < 1.29 is 38.5 Å². The largest absolute Gasteiger partial charge is 0.497 e. The van der Waals surface area contributed by atoms with Gasteiger partial charge in [-0.25, -0.2) is 0 Å². The fraction of sp³-hybridized carbons (Fsp3) is 0.613. The van der Waals surface area contributed by atoms with E-state index in [4.69, 9.17) is 14.2 Å². The van der Waals surface area contributed by atoms with E-state index in [2.05, 4.69) is 22.0 Å². The van der Waals surface area contributed by atoms with Crippen LogP contribution in [0, 0.1) is 0 Å². The number of carbonyl (C=O) groups excluding carboxylic acids is 4. The number of morpholine rings is 1. The van der Waals surface area contributed by atoms with Gasteiger partial charge < -0.3 is 35.3 Å². The molecule has 2 fully saturated rings. The van der Waals surface area contributed by atoms with E-state index in [1.165, 1.54) is 6.92 Å². The number of ether oxygens (including phenoxy) is 3. The maximum absolute atomic E-state index is 13.8. The van der Waals surface area contributed by atoms with Crippen molar-refractivity contribution in [2.24, 2.45) is 0 Å². The first-order valence-corrected chi connectivity index (χ1v) is 15.1. The molecule has 0 saturated carbocycles. The number of hydrogen-bond acceptors (Lipinski definition) is 9. The maximum atomic E-state index is 13.8. The van der Waals surface area contributed by atoms with Crippen molar-refractivity contribution in [3.05, 3.63) is 41.5 Å². The molecular formula is C31H44N4O8. The Balaban J connectivity index is 1.48. The minimum Gasteiger partial charge on any atom is -0.497 e. The molecule has 12 nitrogen and oxygen atoms in total. The summed E-state index contributed by atoms with van der Waals surface area (Å²) in [7, 11) is 1.55. The quantitative estimate of drug-likeness (QED) is 0.164. The number of ketones is 1. The molecule has 0 unspecified atom stereocenters. The van der Waals surface area contributed by atoms with Crippen LogP contribution in [0.5, 0.6) is 5.75 Å². The van der Waals surface area contributed by atoms with Crippen LogP contribution in [0.2, 0.25) is 0 Å². The molecular weight excluding hydrogens is 556 g/mol. The van der Waals surface area contributed by atoms with Gasteiger partial charge in [-0.15, -0.1) is 0 Å². The van der Waals surface area contributed by atoms with Crippen LogP contribution >= 0.6 is 0 Å². The lowest BCUT2D eigenvalue weighted by atomic mass is 9.92. The van der Waals surface area contributed by atoms with Crippen LogP contribution in [0.1, 0.15) is 44.6 Å². The summed E-state index contributed by atoms with van der Waals surface area (Å²) >= 11 is 0. The van der Waals surface area contributed by atoms with Gasteiger partial charge in [-0.3, -0.25) is 24.1 Å². The highest BCUT2D eigenvalue weighted by Crippen LogP contribution is 2.24. The predicted octanol–water partition coefficient (Wildman–Crippen LogP) is 0.264. The molecule has 0 bridgehead atoms. The average molecular weight is 601 g/mol. The van der Waals surface area contributed by atoms with Gasteiger partial charge in [0.25, 0.3) is 0 Å². The number of methoxy groups -OCH3 is 1. The smallest absolute Gasteiger partial charge is 0.245 e. The number of benzene rings is 1. The van der Waals surface area contributed by atoms with Gasteiger partial charge in [-0.05, 0) is 56.7 Å². The van der Waals surface area contributed by atoms with Gasteiger partial charge in [0.05, 0.1) is 45.6 Å². The van der Waals surface area contributed by atoms with E-state index in [9.17, 15) is 24.3 Å². The second-order valence-corrected chi connectivity index (χ2v) is 11.4. The minimum absolute atomic E-state index is 0.0541. The van der Waals surface area contributed by atoms with Crippen LogP contribution in [0.15, 0.2) is 35.9 Å². The zero-order valence-electron chi connectivity index (χ0n) is 25.0. The highest BCUT2D eigenvalue weighted by molar-refractivity contribution is 5.97. The molecule has 3 amide bonds. The summed E-state index contributed by atoms with van der Waals surface area (Å²) in [5.74, 6) is -1.21. The Kier molecular flexibility index (Phi) is 12.1. The van der Waals surface area contributed by atoms with Crippen LogP contribution < -0.4 is 20.7 Å². The van der Waals surface area contributed by atoms with Crippen LogP contribution in [0.3, 0.4) is 0 Å². The molecule has 1 aliphatic carbocycles. The number of aliphatic hydroxyl groups excluding tert-OH is 1. The molecule has 43 heavy (non-hydrogen) atoms. The molecule has 12 heteroatoms. The predicted molar refractivity (Wildman–Crippen MR) is 157 cm³/mol. The van der Waals surface area contributed by atoms with E-state index in [0.29, 0.717) is 45.1 Å². The molecule has 2 saturated heterocycles. The van der Waals surface area contributed by atoms with E-state index in [1.807, 2.05) is 4.90 Å². The van der Waals surface area contributed by atoms with Gasteiger partial charge in [0, 0.05) is 19.5 Å². The summed E-state index contributed by atoms with van der Waals surface area (Å²) < 4.78 is 15.8. The number of allylic oxidation sites excluding steroid dienone is 1. The summed E-state index contributed by atoms with van der Waals surface area (Å²) in [6.45, 7) is 4.00. The van der Waals surface area contributed by atoms with Crippen molar-refractivity contribution in [3.63, 3.8) is 0 Å². The highest BCUT2D eigenvalue weighted by atomic mass is 16.6. The van der Waals surface area contributed by atoms with E-state index >= 15 is 0 Å². The molecule has 236 valence electrons. The lowest BCUT2D eigenvalue weighted by molar-refractivity contribution is -0.135. The molecule has 2 heterocycles. The van der Waals surface area contributed by atoms with Crippen LogP contribution in [0.25, 0.3) is 0 Å². The van der Waals surface area contributed by atoms with Crippen LogP contribution in [-0.4, -0.2) is 110 Å². The fourth-order valence-electron chi connectivity index (χ4n) is 5.34. The Hall–Kier alpha value is -3.32. The minimum atomic E-state index is -1.29. The molecule has 1 aromatic carbocycles. The zero-order valence-corrected chi connectivity index (χ0v) is 25.0. The summed E-state index contributed by atoms with van der Waals surface area (Å²) in [6.07, 6.45) is 4.82. The number of nitrogens with zero attached hydrogens (tertiary/aromatic N) is 1. The number of Topliss-reactive ketones (excluding diaryl/α,β-unsaturated/α-hetero) is 1. The van der Waals surface area contributed by atoms with E-state index in [0.717, 1.165) is 36.8 Å². The summed E-state index contributed by atoms with van der Waals surface area (Å²) in [6, 6.07) is 3.91. The van der Waals surface area contributed by atoms with Crippen molar-refractivity contribution in [2.75, 3.05) is 46.6 Å². The lowest BCUT2D eigenvalue weighted by Gasteiger charge is -2.29. The number of aliphatic hydroxyl groups is 1. The summed E-state index contributed by atoms with van der Waals surface area (Å²) in [4.78, 5) is 55.0. The summed E-state index contributed by atoms with van der Waals surface area (Å²) in [5.41, 5.74) is 1.87. The molecule has 5 atom stereocenters. The first-order chi connectivity index (χ1) is 20.7. The van der Waals surface area contributed by atoms with Crippen molar-refractivity contribution >= 4 is 23.5 Å². The number of nitrogens with one attached hydrogen (secondary N) is 3. The van der Waals surface area contributed by atoms with Gasteiger partial charge in [-0.2, -0.15) is 0 Å². The van der Waals surface area contributed by atoms with Gasteiger partial charge >= 0.3 is 0 Å². The van der Waals surface area contributed by atoms with E-state index < -0.39 is 48.1 Å². The van der Waals surface area contributed by atoms with Gasteiger partial charge in [0.1, 0.15) is 23.9 Å². The third-order valence-corrected chi connectivity index (χ3v) is 7.95. The lowest BCUT2D eigenvalue weighted by Crippen LogP contribution is -2.59. The second kappa shape index (κ2) is 15.9. The first kappa shape index (κ1) is 32.6. The molecule has 0 radical (unpaired) electrons. The number of amides is 3. The average Bonchev–Trinajstić information content (AvgIpc) is 3.86. The molecule has 3 aliphatic rings. The summed E-state index contributed by atoms with van der Waals surface area (Å²) in [5, 5.41) is 18.6. The fourth-order valence-corrected chi connectivity index (χ4v) is 5.34. The first-order valence-electron chi connectivity index (χ1n) is 15.1. The van der Waals surface area contributed by atoms with Crippen LogP contribution in [0.4, 0.5) is 0 Å². The molecule has 2 aliphatic heterocycles. The number of carbonyl (C=O) groups is 4. The normalized spacial score (nSPS) is 21.4. The molecule has 4 rings (SSSR count). The maximum Gasteiger partial charge on any atom is 0.245 e. The Labute approximate surface area is 252 Å². The SMILES string of the molecule is COc1ccc(C[C@H](NC(=O)[C@@H](NC(=O)CN2CCOCC2)[C@@H](C)O)C(=O)N[C@@H](CC2=CCCCC2)C(=O)[C@H]2CO2)cc1. The molecule has 1 aromatic rings.